The molecular weight excluding hydrogens is 432 g/mol. The van der Waals surface area contributed by atoms with E-state index in [1.54, 1.807) is 0 Å². The van der Waals surface area contributed by atoms with Crippen molar-refractivity contribution in [1.29, 1.82) is 0 Å². The number of hydrogen-bond donors (Lipinski definition) is 0. The highest BCUT2D eigenvalue weighted by Crippen LogP contribution is 2.32. The van der Waals surface area contributed by atoms with E-state index in [2.05, 4.69) is 115 Å². The Morgan fingerprint density at radius 3 is 1.79 bits per heavy atom. The van der Waals surface area contributed by atoms with Crippen molar-refractivity contribution in [2.75, 3.05) is 0 Å². The molecule has 3 aromatic carbocycles. The van der Waals surface area contributed by atoms with Gasteiger partial charge in [-0.25, -0.2) is 0 Å². The summed E-state index contributed by atoms with van der Waals surface area (Å²) in [4.78, 5) is 0. The van der Waals surface area contributed by atoms with Crippen LogP contribution in [0, 0.1) is 18.3 Å². The van der Waals surface area contributed by atoms with Gasteiger partial charge in [0.1, 0.15) is 11.0 Å². The van der Waals surface area contributed by atoms with Gasteiger partial charge in [-0.2, -0.15) is 8.75 Å². The molecule has 0 radical (unpaired) electrons. The van der Waals surface area contributed by atoms with Crippen molar-refractivity contribution in [2.45, 2.75) is 47.5 Å². The van der Waals surface area contributed by atoms with Crippen molar-refractivity contribution in [1.82, 2.24) is 8.75 Å². The Kier molecular flexibility index (Phi) is 7.43. The largest absolute Gasteiger partial charge is 0.172 e. The van der Waals surface area contributed by atoms with Gasteiger partial charge < -0.3 is 0 Å². The van der Waals surface area contributed by atoms with Gasteiger partial charge in [0, 0.05) is 11.1 Å². The summed E-state index contributed by atoms with van der Waals surface area (Å²) in [5.74, 6) is 0.581. The van der Waals surface area contributed by atoms with Crippen LogP contribution in [0.25, 0.3) is 29.3 Å². The predicted octanol–water partition coefficient (Wildman–Crippen LogP) is 8.65. The minimum atomic E-state index is 0.246. The van der Waals surface area contributed by atoms with Crippen LogP contribution in [0.5, 0.6) is 0 Å². The number of benzene rings is 3. The molecule has 1 heterocycles. The molecule has 4 aromatic rings. The first-order valence-corrected chi connectivity index (χ1v) is 12.8. The highest BCUT2D eigenvalue weighted by Gasteiger charge is 2.25. The fourth-order valence-electron chi connectivity index (χ4n) is 4.28. The molecule has 0 aliphatic heterocycles. The van der Waals surface area contributed by atoms with E-state index in [4.69, 9.17) is 0 Å². The van der Waals surface area contributed by atoms with Crippen molar-refractivity contribution in [2.24, 2.45) is 11.3 Å². The molecule has 4 rings (SSSR count). The minimum Gasteiger partial charge on any atom is -0.172 e. The van der Waals surface area contributed by atoms with Gasteiger partial charge >= 0.3 is 0 Å². The Morgan fingerprint density at radius 2 is 1.26 bits per heavy atom. The monoisotopic (exact) mass is 466 g/mol. The summed E-state index contributed by atoms with van der Waals surface area (Å²) in [7, 11) is 0. The SMILES string of the molecule is C/C=C/c1ccc(/C=C/c2ccc(CC(Cc3ccc(C)cc3)C(C)(C)C)cc2)c2nsnc12. The van der Waals surface area contributed by atoms with Crippen LogP contribution in [-0.4, -0.2) is 8.75 Å². The zero-order valence-electron chi connectivity index (χ0n) is 20.9. The average Bonchev–Trinajstić information content (AvgIpc) is 3.31. The van der Waals surface area contributed by atoms with Gasteiger partial charge in [-0.1, -0.05) is 111 Å². The number of rotatable bonds is 7. The summed E-state index contributed by atoms with van der Waals surface area (Å²) in [6.45, 7) is 11.3. The van der Waals surface area contributed by atoms with E-state index in [1.807, 2.05) is 13.0 Å². The van der Waals surface area contributed by atoms with Crippen LogP contribution in [0.2, 0.25) is 0 Å². The molecule has 0 fully saturated rings. The van der Waals surface area contributed by atoms with Gasteiger partial charge in [-0.05, 0) is 54.7 Å². The van der Waals surface area contributed by atoms with Crippen LogP contribution in [0.15, 0.2) is 66.7 Å². The second-order valence-corrected chi connectivity index (χ2v) is 10.8. The Hall–Kier alpha value is -3.04. The molecule has 1 atom stereocenters. The topological polar surface area (TPSA) is 25.8 Å². The molecule has 1 aromatic heterocycles. The quantitative estimate of drug-likeness (QED) is 0.255. The summed E-state index contributed by atoms with van der Waals surface area (Å²) in [6.07, 6.45) is 10.6. The van der Waals surface area contributed by atoms with Crippen molar-refractivity contribution < 1.29 is 0 Å². The Morgan fingerprint density at radius 1 is 0.735 bits per heavy atom. The number of allylic oxidation sites excluding steroid dienone is 1. The van der Waals surface area contributed by atoms with Crippen LogP contribution in [0.3, 0.4) is 0 Å². The van der Waals surface area contributed by atoms with E-state index < -0.39 is 0 Å². The third kappa shape index (κ3) is 5.90. The molecule has 174 valence electrons. The second-order valence-electron chi connectivity index (χ2n) is 10.2. The molecular formula is C31H34N2S. The molecule has 0 spiro atoms. The molecule has 0 saturated carbocycles. The number of fused-ring (bicyclic) bond motifs is 1. The molecule has 0 aliphatic carbocycles. The van der Waals surface area contributed by atoms with Gasteiger partial charge in [0.25, 0.3) is 0 Å². The summed E-state index contributed by atoms with van der Waals surface area (Å²) in [5.41, 5.74) is 9.75. The smallest absolute Gasteiger partial charge is 0.112 e. The Labute approximate surface area is 208 Å². The first-order valence-electron chi connectivity index (χ1n) is 12.0. The zero-order valence-corrected chi connectivity index (χ0v) is 21.7. The van der Waals surface area contributed by atoms with Crippen LogP contribution >= 0.6 is 11.7 Å². The Bertz CT molecular complexity index is 1290. The van der Waals surface area contributed by atoms with Crippen molar-refractivity contribution in [3.8, 4) is 0 Å². The molecule has 3 heteroatoms. The van der Waals surface area contributed by atoms with Gasteiger partial charge in [0.2, 0.25) is 0 Å². The van der Waals surface area contributed by atoms with Gasteiger partial charge in [0.15, 0.2) is 0 Å². The summed E-state index contributed by atoms with van der Waals surface area (Å²) in [5, 5.41) is 0. The van der Waals surface area contributed by atoms with Crippen LogP contribution < -0.4 is 0 Å². The predicted molar refractivity (Wildman–Crippen MR) is 149 cm³/mol. The Balaban J connectivity index is 1.48. The second kappa shape index (κ2) is 10.5. The molecule has 2 nitrogen and oxygen atoms in total. The zero-order chi connectivity index (χ0) is 24.1. The van der Waals surface area contributed by atoms with Crippen LogP contribution in [0.1, 0.15) is 61.1 Å². The lowest BCUT2D eigenvalue weighted by Gasteiger charge is -2.31. The van der Waals surface area contributed by atoms with Crippen molar-refractivity contribution in [3.05, 3.63) is 100 Å². The maximum atomic E-state index is 4.53. The molecule has 0 aliphatic rings. The lowest BCUT2D eigenvalue weighted by Crippen LogP contribution is -2.25. The van der Waals surface area contributed by atoms with Crippen molar-refractivity contribution in [3.63, 3.8) is 0 Å². The number of aryl methyl sites for hydroxylation is 1. The number of hydrogen-bond acceptors (Lipinski definition) is 3. The van der Waals surface area contributed by atoms with Gasteiger partial charge in [-0.3, -0.25) is 0 Å². The first kappa shape index (κ1) is 24.1. The third-order valence-electron chi connectivity index (χ3n) is 6.57. The van der Waals surface area contributed by atoms with E-state index in [-0.39, 0.29) is 5.41 Å². The fraction of sp³-hybridized carbons (Fsp3) is 0.290. The van der Waals surface area contributed by atoms with Crippen LogP contribution in [-0.2, 0) is 12.8 Å². The van der Waals surface area contributed by atoms with E-state index in [0.717, 1.165) is 35.0 Å². The van der Waals surface area contributed by atoms with E-state index in [1.165, 1.54) is 34.0 Å². The van der Waals surface area contributed by atoms with Crippen molar-refractivity contribution >= 4 is 41.0 Å². The summed E-state index contributed by atoms with van der Waals surface area (Å²) in [6, 6.07) is 22.3. The van der Waals surface area contributed by atoms with E-state index in [9.17, 15) is 0 Å². The van der Waals surface area contributed by atoms with Gasteiger partial charge in [0.05, 0.1) is 11.7 Å². The lowest BCUT2D eigenvalue weighted by atomic mass is 9.74. The highest BCUT2D eigenvalue weighted by molar-refractivity contribution is 7.00. The lowest BCUT2D eigenvalue weighted by molar-refractivity contribution is 0.237. The number of nitrogens with zero attached hydrogens (tertiary/aromatic N) is 2. The highest BCUT2D eigenvalue weighted by atomic mass is 32.1. The maximum absolute atomic E-state index is 4.53. The fourth-order valence-corrected chi connectivity index (χ4v) is 4.87. The maximum Gasteiger partial charge on any atom is 0.112 e. The summed E-state index contributed by atoms with van der Waals surface area (Å²) >= 11 is 1.27. The normalized spacial score (nSPS) is 13.3. The molecule has 0 amide bonds. The standard InChI is InChI=1S/C31H34N2S/c1-6-7-26-18-19-27(30-29(26)32-34-33-30)17-16-23-12-14-25(15-13-23)21-28(31(3,4)5)20-24-10-8-22(2)9-11-24/h6-19,28H,20-21H2,1-5H3/b7-6+,17-16+. The molecule has 34 heavy (non-hydrogen) atoms. The molecule has 0 saturated heterocycles. The van der Waals surface area contributed by atoms with Crippen LogP contribution in [0.4, 0.5) is 0 Å². The summed E-state index contributed by atoms with van der Waals surface area (Å²) < 4.78 is 9.02. The number of aromatic nitrogens is 2. The minimum absolute atomic E-state index is 0.246. The molecule has 0 bridgehead atoms. The van der Waals surface area contributed by atoms with E-state index in [0.29, 0.717) is 5.92 Å². The third-order valence-corrected chi connectivity index (χ3v) is 7.10. The molecule has 1 unspecified atom stereocenters. The first-order chi connectivity index (χ1) is 16.3. The molecule has 0 N–H and O–H groups in total. The van der Waals surface area contributed by atoms with Gasteiger partial charge in [-0.15, -0.1) is 0 Å². The van der Waals surface area contributed by atoms with E-state index >= 15 is 0 Å². The average molecular weight is 467 g/mol.